The first-order valence-electron chi connectivity index (χ1n) is 11.9. The van der Waals surface area contributed by atoms with Gasteiger partial charge in [0.2, 0.25) is 5.91 Å². The SMILES string of the molecule is CNC(=O)C1=CC=C(CN2C=CC3=CC(N4CCN(Cc5ccccc5)CC4)=CNC32)CC1. The number of benzene rings is 1. The van der Waals surface area contributed by atoms with E-state index in [-0.39, 0.29) is 12.1 Å². The molecule has 1 unspecified atom stereocenters. The highest BCUT2D eigenvalue weighted by atomic mass is 16.1. The molecule has 0 spiro atoms. The van der Waals surface area contributed by atoms with Crippen molar-refractivity contribution in [3.8, 4) is 0 Å². The van der Waals surface area contributed by atoms with Gasteiger partial charge in [-0.15, -0.1) is 0 Å². The Kier molecular flexibility index (Phi) is 6.35. The van der Waals surface area contributed by atoms with Crippen LogP contribution in [0.15, 0.2) is 89.5 Å². The van der Waals surface area contributed by atoms with Crippen LogP contribution in [0.3, 0.4) is 0 Å². The van der Waals surface area contributed by atoms with Gasteiger partial charge in [-0.25, -0.2) is 0 Å². The Balaban J connectivity index is 1.14. The smallest absolute Gasteiger partial charge is 0.246 e. The van der Waals surface area contributed by atoms with Crippen LogP contribution in [0.25, 0.3) is 0 Å². The third kappa shape index (κ3) is 4.91. The summed E-state index contributed by atoms with van der Waals surface area (Å²) in [7, 11) is 1.69. The van der Waals surface area contributed by atoms with Gasteiger partial charge >= 0.3 is 0 Å². The molecule has 4 aliphatic rings. The van der Waals surface area contributed by atoms with Gasteiger partial charge in [0.25, 0.3) is 0 Å². The summed E-state index contributed by atoms with van der Waals surface area (Å²) in [4.78, 5) is 19.2. The molecule has 172 valence electrons. The Labute approximate surface area is 196 Å². The number of carbonyl (C=O) groups excluding carboxylic acids is 1. The highest BCUT2D eigenvalue weighted by molar-refractivity contribution is 5.93. The number of fused-ring (bicyclic) bond motifs is 1. The number of carbonyl (C=O) groups is 1. The van der Waals surface area contributed by atoms with Gasteiger partial charge < -0.3 is 20.4 Å². The molecule has 1 amide bonds. The van der Waals surface area contributed by atoms with Gasteiger partial charge in [0, 0.05) is 64.3 Å². The molecule has 3 heterocycles. The van der Waals surface area contributed by atoms with Crippen LogP contribution in [0.4, 0.5) is 0 Å². The fourth-order valence-electron chi connectivity index (χ4n) is 4.97. The fourth-order valence-corrected chi connectivity index (χ4v) is 4.97. The van der Waals surface area contributed by atoms with Gasteiger partial charge in [0.1, 0.15) is 6.17 Å². The second kappa shape index (κ2) is 9.71. The van der Waals surface area contributed by atoms with Crippen molar-refractivity contribution in [1.29, 1.82) is 0 Å². The molecule has 1 aliphatic carbocycles. The zero-order valence-corrected chi connectivity index (χ0v) is 19.3. The summed E-state index contributed by atoms with van der Waals surface area (Å²) in [5.41, 5.74) is 6.21. The fraction of sp³-hybridized carbons (Fsp3) is 0.370. The Morgan fingerprint density at radius 1 is 1.06 bits per heavy atom. The van der Waals surface area contributed by atoms with E-state index < -0.39 is 0 Å². The zero-order chi connectivity index (χ0) is 22.6. The highest BCUT2D eigenvalue weighted by Crippen LogP contribution is 2.28. The first kappa shape index (κ1) is 21.6. The maximum Gasteiger partial charge on any atom is 0.246 e. The molecule has 2 N–H and O–H groups in total. The highest BCUT2D eigenvalue weighted by Gasteiger charge is 2.28. The molecule has 6 nitrogen and oxygen atoms in total. The molecule has 1 fully saturated rings. The van der Waals surface area contributed by atoms with Gasteiger partial charge in [-0.2, -0.15) is 0 Å². The number of amides is 1. The van der Waals surface area contributed by atoms with Crippen molar-refractivity contribution in [2.45, 2.75) is 25.6 Å². The Bertz CT molecular complexity index is 1030. The number of allylic oxidation sites excluding steroid dienone is 3. The van der Waals surface area contributed by atoms with E-state index in [0.29, 0.717) is 0 Å². The van der Waals surface area contributed by atoms with Crippen LogP contribution in [0, 0.1) is 0 Å². The minimum Gasteiger partial charge on any atom is -0.368 e. The molecule has 1 aromatic carbocycles. The second-order valence-electron chi connectivity index (χ2n) is 9.12. The second-order valence-corrected chi connectivity index (χ2v) is 9.12. The van der Waals surface area contributed by atoms with E-state index in [1.807, 2.05) is 6.08 Å². The first-order valence-corrected chi connectivity index (χ1v) is 11.9. The summed E-state index contributed by atoms with van der Waals surface area (Å²) < 4.78 is 0. The summed E-state index contributed by atoms with van der Waals surface area (Å²) in [5, 5.41) is 6.34. The van der Waals surface area contributed by atoms with Gasteiger partial charge in [-0.3, -0.25) is 9.69 Å². The van der Waals surface area contributed by atoms with Crippen LogP contribution in [0.5, 0.6) is 0 Å². The monoisotopic (exact) mass is 443 g/mol. The minimum absolute atomic E-state index is 0.0316. The number of hydrogen-bond acceptors (Lipinski definition) is 5. The van der Waals surface area contributed by atoms with Crippen LogP contribution < -0.4 is 10.6 Å². The Morgan fingerprint density at radius 2 is 1.88 bits per heavy atom. The standard InChI is InChI=1S/C27H33N5O/c1-28-27(33)23-9-7-22(8-10-23)20-32-12-11-24-17-25(18-29-26(24)32)31-15-13-30(14-16-31)19-21-5-3-2-4-6-21/h2-7,9,11-12,17-18,26,29H,8,10,13-16,19-20H2,1H3,(H,28,33). The van der Waals surface area contributed by atoms with Crippen molar-refractivity contribution in [1.82, 2.24) is 25.3 Å². The van der Waals surface area contributed by atoms with Crippen LogP contribution in [0.2, 0.25) is 0 Å². The van der Waals surface area contributed by atoms with E-state index in [4.69, 9.17) is 0 Å². The maximum absolute atomic E-state index is 11.8. The van der Waals surface area contributed by atoms with Crippen molar-refractivity contribution in [3.05, 3.63) is 95.0 Å². The number of nitrogens with zero attached hydrogens (tertiary/aromatic N) is 3. The van der Waals surface area contributed by atoms with Crippen LogP contribution in [0.1, 0.15) is 18.4 Å². The third-order valence-corrected chi connectivity index (χ3v) is 6.94. The lowest BCUT2D eigenvalue weighted by Gasteiger charge is -2.38. The molecular formula is C27H33N5O. The topological polar surface area (TPSA) is 50.9 Å². The molecule has 5 rings (SSSR count). The number of likely N-dealkylation sites (N-methyl/N-ethyl adjacent to an activating group) is 1. The predicted octanol–water partition coefficient (Wildman–Crippen LogP) is 2.72. The molecular weight excluding hydrogens is 410 g/mol. The molecule has 0 aromatic heterocycles. The number of nitrogens with one attached hydrogen (secondary N) is 2. The van der Waals surface area contributed by atoms with E-state index in [1.54, 1.807) is 7.05 Å². The molecule has 1 atom stereocenters. The predicted molar refractivity (Wildman–Crippen MR) is 132 cm³/mol. The average Bonchev–Trinajstić information content (AvgIpc) is 3.27. The van der Waals surface area contributed by atoms with E-state index in [0.717, 1.165) is 57.7 Å². The average molecular weight is 444 g/mol. The van der Waals surface area contributed by atoms with Crippen molar-refractivity contribution < 1.29 is 4.79 Å². The molecule has 0 radical (unpaired) electrons. The van der Waals surface area contributed by atoms with Gasteiger partial charge in [-0.05, 0) is 36.1 Å². The molecule has 3 aliphatic heterocycles. The van der Waals surface area contributed by atoms with Gasteiger partial charge in [0.15, 0.2) is 0 Å². The lowest BCUT2D eigenvalue weighted by atomic mass is 9.97. The lowest BCUT2D eigenvalue weighted by Crippen LogP contribution is -2.47. The largest absolute Gasteiger partial charge is 0.368 e. The van der Waals surface area contributed by atoms with Crippen LogP contribution in [-0.4, -0.2) is 66.5 Å². The quantitative estimate of drug-likeness (QED) is 0.708. The number of rotatable bonds is 6. The van der Waals surface area contributed by atoms with Crippen molar-refractivity contribution in [2.24, 2.45) is 0 Å². The molecule has 6 heteroatoms. The minimum atomic E-state index is 0.0316. The molecule has 0 bridgehead atoms. The normalized spacial score (nSPS) is 22.6. The van der Waals surface area contributed by atoms with Crippen LogP contribution >= 0.6 is 0 Å². The summed E-state index contributed by atoms with van der Waals surface area (Å²) in [5.74, 6) is 0.0316. The van der Waals surface area contributed by atoms with Crippen molar-refractivity contribution >= 4 is 5.91 Å². The van der Waals surface area contributed by atoms with Crippen LogP contribution in [-0.2, 0) is 11.3 Å². The summed E-state index contributed by atoms with van der Waals surface area (Å²) >= 11 is 0. The van der Waals surface area contributed by atoms with E-state index >= 15 is 0 Å². The molecule has 0 saturated carbocycles. The van der Waals surface area contributed by atoms with Gasteiger partial charge in [-0.1, -0.05) is 48.1 Å². The molecule has 33 heavy (non-hydrogen) atoms. The molecule has 1 aromatic rings. The lowest BCUT2D eigenvalue weighted by molar-refractivity contribution is -0.117. The first-order chi connectivity index (χ1) is 16.2. The number of piperazine rings is 1. The van der Waals surface area contributed by atoms with Gasteiger partial charge in [0.05, 0.1) is 5.70 Å². The Hall–Kier alpha value is -3.25. The van der Waals surface area contributed by atoms with Crippen molar-refractivity contribution in [3.63, 3.8) is 0 Å². The summed E-state index contributed by atoms with van der Waals surface area (Å²) in [6.07, 6.45) is 15.0. The van der Waals surface area contributed by atoms with E-state index in [2.05, 4.69) is 86.3 Å². The summed E-state index contributed by atoms with van der Waals surface area (Å²) in [6.45, 7) is 6.18. The summed E-state index contributed by atoms with van der Waals surface area (Å²) in [6, 6.07) is 10.7. The zero-order valence-electron chi connectivity index (χ0n) is 19.3. The van der Waals surface area contributed by atoms with Crippen molar-refractivity contribution in [2.75, 3.05) is 39.8 Å². The van der Waals surface area contributed by atoms with E-state index in [1.165, 1.54) is 22.4 Å². The van der Waals surface area contributed by atoms with E-state index in [9.17, 15) is 4.79 Å². The third-order valence-electron chi connectivity index (χ3n) is 6.94. The maximum atomic E-state index is 11.8. The Morgan fingerprint density at radius 3 is 2.61 bits per heavy atom. The number of dihydropyridines is 1. The number of hydrogen-bond donors (Lipinski definition) is 2. The molecule has 1 saturated heterocycles.